The highest BCUT2D eigenvalue weighted by Crippen LogP contribution is 2.27. The molecule has 1 aliphatic rings. The van der Waals surface area contributed by atoms with Crippen molar-refractivity contribution in [3.63, 3.8) is 0 Å². The van der Waals surface area contributed by atoms with Crippen molar-refractivity contribution >= 4 is 15.7 Å². The molecule has 4 nitrogen and oxygen atoms in total. The number of piperazine rings is 1. The molecule has 7 heteroatoms. The van der Waals surface area contributed by atoms with E-state index in [-0.39, 0.29) is 0 Å². The van der Waals surface area contributed by atoms with Crippen molar-refractivity contribution in [2.45, 2.75) is 25.7 Å². The van der Waals surface area contributed by atoms with E-state index in [1.54, 1.807) is 0 Å². The maximum atomic E-state index is 13.4. The van der Waals surface area contributed by atoms with Gasteiger partial charge in [0, 0.05) is 37.9 Å². The van der Waals surface area contributed by atoms with Crippen LogP contribution in [0, 0.1) is 32.4 Å². The Kier molecular flexibility index (Phi) is 5.03. The predicted molar refractivity (Wildman–Crippen MR) is 98.0 cm³/mol. The lowest BCUT2D eigenvalue weighted by atomic mass is 10.1. The molecule has 1 heterocycles. The highest BCUT2D eigenvalue weighted by Gasteiger charge is 2.31. The van der Waals surface area contributed by atoms with E-state index in [1.165, 1.54) is 10.4 Å². The molecule has 0 radical (unpaired) electrons. The van der Waals surface area contributed by atoms with E-state index < -0.39 is 21.7 Å². The summed E-state index contributed by atoms with van der Waals surface area (Å²) in [7, 11) is -3.59. The molecule has 3 rings (SSSR count). The fourth-order valence-electron chi connectivity index (χ4n) is 3.57. The SMILES string of the molecule is Cc1cc(C)c(S(=O)(=O)N2CCN(c3ccc(F)c(F)c3)CC2)c(C)c1. The number of hydrogen-bond donors (Lipinski definition) is 0. The van der Waals surface area contributed by atoms with Gasteiger partial charge in [-0.3, -0.25) is 0 Å². The first-order chi connectivity index (χ1) is 12.2. The maximum absolute atomic E-state index is 13.4. The minimum absolute atomic E-state index is 0.300. The highest BCUT2D eigenvalue weighted by atomic mass is 32.2. The van der Waals surface area contributed by atoms with E-state index in [2.05, 4.69) is 0 Å². The molecule has 0 bridgehead atoms. The van der Waals surface area contributed by atoms with Gasteiger partial charge in [-0.1, -0.05) is 17.7 Å². The summed E-state index contributed by atoms with van der Waals surface area (Å²) in [6.07, 6.45) is 0. The monoisotopic (exact) mass is 380 g/mol. The summed E-state index contributed by atoms with van der Waals surface area (Å²) in [4.78, 5) is 2.23. The number of nitrogens with zero attached hydrogens (tertiary/aromatic N) is 2. The lowest BCUT2D eigenvalue weighted by molar-refractivity contribution is 0.384. The van der Waals surface area contributed by atoms with Crippen molar-refractivity contribution in [1.82, 2.24) is 4.31 Å². The van der Waals surface area contributed by atoms with Crippen LogP contribution in [-0.2, 0) is 10.0 Å². The Bertz CT molecular complexity index is 914. The largest absolute Gasteiger partial charge is 0.369 e. The van der Waals surface area contributed by atoms with E-state index >= 15 is 0 Å². The second kappa shape index (κ2) is 6.96. The molecule has 0 atom stereocenters. The number of halogens is 2. The fourth-order valence-corrected chi connectivity index (χ4v) is 5.40. The van der Waals surface area contributed by atoms with Crippen molar-refractivity contribution in [2.75, 3.05) is 31.1 Å². The number of aryl methyl sites for hydroxylation is 3. The molecule has 0 saturated carbocycles. The Hall–Kier alpha value is -1.99. The normalized spacial score (nSPS) is 16.1. The average Bonchev–Trinajstić information content (AvgIpc) is 2.56. The van der Waals surface area contributed by atoms with Gasteiger partial charge in [0.25, 0.3) is 0 Å². The molecule has 1 saturated heterocycles. The van der Waals surface area contributed by atoms with Crippen molar-refractivity contribution < 1.29 is 17.2 Å². The zero-order chi connectivity index (χ0) is 19.1. The van der Waals surface area contributed by atoms with Gasteiger partial charge in [-0.05, 0) is 44.0 Å². The summed E-state index contributed by atoms with van der Waals surface area (Å²) < 4.78 is 54.2. The predicted octanol–water partition coefficient (Wildman–Crippen LogP) is 3.40. The van der Waals surface area contributed by atoms with Crippen LogP contribution in [0.2, 0.25) is 0 Å². The quantitative estimate of drug-likeness (QED) is 0.819. The third-order valence-corrected chi connectivity index (χ3v) is 6.91. The summed E-state index contributed by atoms with van der Waals surface area (Å²) >= 11 is 0. The van der Waals surface area contributed by atoms with Crippen LogP contribution in [0.25, 0.3) is 0 Å². The van der Waals surface area contributed by atoms with Crippen molar-refractivity contribution in [2.24, 2.45) is 0 Å². The summed E-state index contributed by atoms with van der Waals surface area (Å²) in [5.41, 5.74) is 3.07. The van der Waals surface area contributed by atoms with Crippen LogP contribution in [0.1, 0.15) is 16.7 Å². The molecule has 2 aromatic rings. The van der Waals surface area contributed by atoms with E-state index in [0.29, 0.717) is 36.8 Å². The minimum atomic E-state index is -3.59. The molecule has 1 aliphatic heterocycles. The first kappa shape index (κ1) is 18.8. The van der Waals surface area contributed by atoms with E-state index in [4.69, 9.17) is 0 Å². The number of sulfonamides is 1. The number of benzene rings is 2. The fraction of sp³-hybridized carbons (Fsp3) is 0.368. The second-order valence-corrected chi connectivity index (χ2v) is 8.59. The van der Waals surface area contributed by atoms with Crippen molar-refractivity contribution in [3.05, 3.63) is 58.7 Å². The molecular formula is C19H22F2N2O2S. The number of anilines is 1. The molecule has 0 unspecified atom stereocenters. The average molecular weight is 380 g/mol. The first-order valence-corrected chi connectivity index (χ1v) is 9.92. The van der Waals surface area contributed by atoms with Crippen LogP contribution in [0.15, 0.2) is 35.2 Å². The lowest BCUT2D eigenvalue weighted by Crippen LogP contribution is -2.49. The Labute approximate surface area is 153 Å². The van der Waals surface area contributed by atoms with Crippen LogP contribution >= 0.6 is 0 Å². The molecule has 0 aliphatic carbocycles. The van der Waals surface area contributed by atoms with E-state index in [0.717, 1.165) is 28.8 Å². The Morgan fingerprint density at radius 2 is 1.42 bits per heavy atom. The molecule has 0 amide bonds. The minimum Gasteiger partial charge on any atom is -0.369 e. The summed E-state index contributed by atoms with van der Waals surface area (Å²) in [5.74, 6) is -1.79. The molecule has 0 spiro atoms. The van der Waals surface area contributed by atoms with Gasteiger partial charge >= 0.3 is 0 Å². The van der Waals surface area contributed by atoms with Gasteiger partial charge < -0.3 is 4.90 Å². The zero-order valence-electron chi connectivity index (χ0n) is 15.1. The second-order valence-electron chi connectivity index (χ2n) is 6.72. The molecule has 140 valence electrons. The molecule has 1 fully saturated rings. The molecular weight excluding hydrogens is 358 g/mol. The highest BCUT2D eigenvalue weighted by molar-refractivity contribution is 7.89. The van der Waals surface area contributed by atoms with Crippen molar-refractivity contribution in [3.8, 4) is 0 Å². The molecule has 0 aromatic heterocycles. The summed E-state index contributed by atoms with van der Waals surface area (Å²) in [6.45, 7) is 7.01. The van der Waals surface area contributed by atoms with Crippen LogP contribution < -0.4 is 4.90 Å². The van der Waals surface area contributed by atoms with Crippen LogP contribution in [0.3, 0.4) is 0 Å². The van der Waals surface area contributed by atoms with Crippen LogP contribution in [0.5, 0.6) is 0 Å². The Morgan fingerprint density at radius 3 is 1.96 bits per heavy atom. The zero-order valence-corrected chi connectivity index (χ0v) is 15.9. The van der Waals surface area contributed by atoms with Crippen molar-refractivity contribution in [1.29, 1.82) is 0 Å². The smallest absolute Gasteiger partial charge is 0.243 e. The number of rotatable bonds is 3. The van der Waals surface area contributed by atoms with Crippen LogP contribution in [-0.4, -0.2) is 38.9 Å². The summed E-state index contributed by atoms with van der Waals surface area (Å²) in [6, 6.07) is 7.49. The molecule has 26 heavy (non-hydrogen) atoms. The Balaban J connectivity index is 1.80. The van der Waals surface area contributed by atoms with Gasteiger partial charge in [0.1, 0.15) is 0 Å². The third-order valence-electron chi connectivity index (χ3n) is 4.71. The van der Waals surface area contributed by atoms with Gasteiger partial charge in [-0.2, -0.15) is 4.31 Å². The van der Waals surface area contributed by atoms with E-state index in [9.17, 15) is 17.2 Å². The maximum Gasteiger partial charge on any atom is 0.243 e. The van der Waals surface area contributed by atoms with Gasteiger partial charge in [-0.15, -0.1) is 0 Å². The lowest BCUT2D eigenvalue weighted by Gasteiger charge is -2.35. The van der Waals surface area contributed by atoms with Crippen LogP contribution in [0.4, 0.5) is 14.5 Å². The Morgan fingerprint density at radius 1 is 0.846 bits per heavy atom. The topological polar surface area (TPSA) is 40.6 Å². The summed E-state index contributed by atoms with van der Waals surface area (Å²) in [5, 5.41) is 0. The van der Waals surface area contributed by atoms with Gasteiger partial charge in [-0.25, -0.2) is 17.2 Å². The number of hydrogen-bond acceptors (Lipinski definition) is 3. The van der Waals surface area contributed by atoms with E-state index in [1.807, 2.05) is 37.8 Å². The first-order valence-electron chi connectivity index (χ1n) is 8.48. The molecule has 0 N–H and O–H groups in total. The van der Waals surface area contributed by atoms with Gasteiger partial charge in [0.15, 0.2) is 11.6 Å². The van der Waals surface area contributed by atoms with Gasteiger partial charge in [0.2, 0.25) is 10.0 Å². The van der Waals surface area contributed by atoms with Gasteiger partial charge in [0.05, 0.1) is 4.90 Å². The standard InChI is InChI=1S/C19H22F2N2O2S/c1-13-10-14(2)19(15(3)11-13)26(24,25)23-8-6-22(7-9-23)16-4-5-17(20)18(21)12-16/h4-5,10-12H,6-9H2,1-3H3. The molecule has 2 aromatic carbocycles. The third kappa shape index (κ3) is 3.46.